The van der Waals surface area contributed by atoms with Gasteiger partial charge in [-0.3, -0.25) is 4.79 Å². The van der Waals surface area contributed by atoms with E-state index in [1.54, 1.807) is 30.6 Å². The molecule has 1 aromatic heterocycles. The van der Waals surface area contributed by atoms with Crippen molar-refractivity contribution in [1.29, 1.82) is 0 Å². The van der Waals surface area contributed by atoms with Gasteiger partial charge in [0.1, 0.15) is 16.4 Å². The highest BCUT2D eigenvalue weighted by molar-refractivity contribution is 7.14. The molecule has 2 aromatic rings. The van der Waals surface area contributed by atoms with E-state index in [9.17, 15) is 9.18 Å². The van der Waals surface area contributed by atoms with Gasteiger partial charge in [-0.05, 0) is 31.4 Å². The lowest BCUT2D eigenvalue weighted by molar-refractivity contribution is 0.0748. The van der Waals surface area contributed by atoms with Crippen LogP contribution in [0.5, 0.6) is 5.75 Å². The van der Waals surface area contributed by atoms with Crippen molar-refractivity contribution in [2.45, 2.75) is 19.3 Å². The quantitative estimate of drug-likeness (QED) is 0.842. The van der Waals surface area contributed by atoms with Crippen LogP contribution in [0.4, 0.5) is 10.1 Å². The van der Waals surface area contributed by atoms with Crippen LogP contribution in [0.2, 0.25) is 0 Å². The van der Waals surface area contributed by atoms with E-state index in [4.69, 9.17) is 4.74 Å². The molecule has 0 saturated carbocycles. The molecule has 0 N–H and O–H groups in total. The van der Waals surface area contributed by atoms with Crippen LogP contribution >= 0.6 is 11.3 Å². The maximum Gasteiger partial charge on any atom is 0.267 e. The van der Waals surface area contributed by atoms with E-state index in [0.29, 0.717) is 31.9 Å². The topological polar surface area (TPSA) is 32.8 Å². The van der Waals surface area contributed by atoms with E-state index in [0.717, 1.165) is 29.9 Å². The number of nitrogens with zero attached hydrogens (tertiary/aromatic N) is 2. The van der Waals surface area contributed by atoms with E-state index >= 15 is 0 Å². The van der Waals surface area contributed by atoms with Crippen molar-refractivity contribution in [3.63, 3.8) is 0 Å². The zero-order valence-electron chi connectivity index (χ0n) is 14.3. The fraction of sp³-hybridized carbons (Fsp3) is 0.421. The molecule has 0 bridgehead atoms. The van der Waals surface area contributed by atoms with Crippen LogP contribution in [-0.4, -0.2) is 44.1 Å². The summed E-state index contributed by atoms with van der Waals surface area (Å²) in [7, 11) is 1.65. The van der Waals surface area contributed by atoms with Crippen molar-refractivity contribution < 1.29 is 13.9 Å². The van der Waals surface area contributed by atoms with Gasteiger partial charge in [-0.1, -0.05) is 12.1 Å². The molecular formula is C19H21FN2O2S. The maximum absolute atomic E-state index is 13.9. The number of methoxy groups -OCH3 is 1. The first-order valence-corrected chi connectivity index (χ1v) is 9.48. The summed E-state index contributed by atoms with van der Waals surface area (Å²) in [6, 6.07) is 6.81. The summed E-state index contributed by atoms with van der Waals surface area (Å²) < 4.78 is 19.5. The van der Waals surface area contributed by atoms with E-state index in [-0.39, 0.29) is 11.7 Å². The molecule has 4 rings (SSSR count). The molecule has 2 aliphatic rings. The first kappa shape index (κ1) is 16.4. The number of anilines is 1. The summed E-state index contributed by atoms with van der Waals surface area (Å²) in [5.41, 5.74) is 1.84. The molecule has 25 heavy (non-hydrogen) atoms. The predicted molar refractivity (Wildman–Crippen MR) is 97.4 cm³/mol. The number of hydrogen-bond acceptors (Lipinski definition) is 4. The van der Waals surface area contributed by atoms with Gasteiger partial charge in [0.25, 0.3) is 5.91 Å². The largest absolute Gasteiger partial charge is 0.495 e. The number of piperazine rings is 1. The summed E-state index contributed by atoms with van der Waals surface area (Å²) >= 11 is 1.58. The Labute approximate surface area is 150 Å². The maximum atomic E-state index is 13.9. The van der Waals surface area contributed by atoms with E-state index in [2.05, 4.69) is 0 Å². The number of aryl methyl sites for hydroxylation is 1. The average Bonchev–Trinajstić information content (AvgIpc) is 3.22. The predicted octanol–water partition coefficient (Wildman–Crippen LogP) is 3.35. The van der Waals surface area contributed by atoms with Crippen LogP contribution in [0.3, 0.4) is 0 Å². The van der Waals surface area contributed by atoms with Crippen LogP contribution in [0, 0.1) is 5.82 Å². The SMILES string of the molecule is COc1c(C(=O)N2CCN(c3ccccc3F)CC2)sc2c1CCC2. The lowest BCUT2D eigenvalue weighted by Gasteiger charge is -2.36. The van der Waals surface area contributed by atoms with Crippen LogP contribution in [0.1, 0.15) is 26.5 Å². The Kier molecular flexibility index (Phi) is 4.37. The lowest BCUT2D eigenvalue weighted by atomic mass is 10.2. The van der Waals surface area contributed by atoms with Crippen LogP contribution in [-0.2, 0) is 12.8 Å². The molecule has 0 radical (unpaired) electrons. The molecule has 0 atom stereocenters. The first-order valence-electron chi connectivity index (χ1n) is 8.66. The average molecular weight is 360 g/mol. The van der Waals surface area contributed by atoms with Gasteiger partial charge in [0, 0.05) is 36.6 Å². The highest BCUT2D eigenvalue weighted by Crippen LogP contribution is 2.41. The highest BCUT2D eigenvalue weighted by Gasteiger charge is 2.31. The molecule has 132 valence electrons. The van der Waals surface area contributed by atoms with Gasteiger partial charge in [0.2, 0.25) is 0 Å². The second kappa shape index (κ2) is 6.67. The van der Waals surface area contributed by atoms with E-state index in [1.165, 1.54) is 16.5 Å². The number of carbonyl (C=O) groups is 1. The number of ether oxygens (including phenoxy) is 1. The van der Waals surface area contributed by atoms with Gasteiger partial charge >= 0.3 is 0 Å². The van der Waals surface area contributed by atoms with Gasteiger partial charge in [0.05, 0.1) is 12.8 Å². The molecule has 1 amide bonds. The first-order chi connectivity index (χ1) is 12.2. The summed E-state index contributed by atoms with van der Waals surface area (Å²) in [5, 5.41) is 0. The number of para-hydroxylation sites is 1. The normalized spacial score (nSPS) is 16.9. The standard InChI is InChI=1S/C19H21FN2O2S/c1-24-17-13-5-4-8-16(13)25-18(17)19(23)22-11-9-21(10-12-22)15-7-3-2-6-14(15)20/h2-3,6-7H,4-5,8-12H2,1H3. The Hall–Kier alpha value is -2.08. The lowest BCUT2D eigenvalue weighted by Crippen LogP contribution is -2.49. The molecule has 1 aromatic carbocycles. The van der Waals surface area contributed by atoms with Crippen molar-refractivity contribution in [2.75, 3.05) is 38.2 Å². The van der Waals surface area contributed by atoms with Crippen molar-refractivity contribution >= 4 is 22.9 Å². The summed E-state index contributed by atoms with van der Waals surface area (Å²) in [5.74, 6) is 0.613. The molecule has 0 unspecified atom stereocenters. The third-order valence-electron chi connectivity index (χ3n) is 5.03. The summed E-state index contributed by atoms with van der Waals surface area (Å²) in [6.07, 6.45) is 3.20. The number of amides is 1. The minimum atomic E-state index is -0.210. The molecular weight excluding hydrogens is 339 g/mol. The Morgan fingerprint density at radius 3 is 2.64 bits per heavy atom. The highest BCUT2D eigenvalue weighted by atomic mass is 32.1. The monoisotopic (exact) mass is 360 g/mol. The number of halogens is 1. The van der Waals surface area contributed by atoms with Crippen molar-refractivity contribution in [3.8, 4) is 5.75 Å². The molecule has 1 fully saturated rings. The third-order valence-corrected chi connectivity index (χ3v) is 6.29. The minimum absolute atomic E-state index is 0.0458. The van der Waals surface area contributed by atoms with Gasteiger partial charge in [0.15, 0.2) is 0 Å². The molecule has 1 aliphatic heterocycles. The smallest absolute Gasteiger partial charge is 0.267 e. The minimum Gasteiger partial charge on any atom is -0.495 e. The van der Waals surface area contributed by atoms with Crippen molar-refractivity contribution in [1.82, 2.24) is 4.90 Å². The van der Waals surface area contributed by atoms with Crippen LogP contribution in [0.15, 0.2) is 24.3 Å². The van der Waals surface area contributed by atoms with Crippen LogP contribution in [0.25, 0.3) is 0 Å². The Bertz CT molecular complexity index is 797. The molecule has 1 saturated heterocycles. The molecule has 1 aliphatic carbocycles. The fourth-order valence-corrected chi connectivity index (χ4v) is 5.06. The number of carbonyl (C=O) groups excluding carboxylic acids is 1. The van der Waals surface area contributed by atoms with Gasteiger partial charge in [-0.15, -0.1) is 11.3 Å². The number of thiophene rings is 1. The third kappa shape index (κ3) is 2.88. The van der Waals surface area contributed by atoms with Crippen LogP contribution < -0.4 is 9.64 Å². The number of hydrogen-bond donors (Lipinski definition) is 0. The molecule has 2 heterocycles. The number of benzene rings is 1. The zero-order valence-corrected chi connectivity index (χ0v) is 15.1. The van der Waals surface area contributed by atoms with Crippen molar-refractivity contribution in [3.05, 3.63) is 45.4 Å². The van der Waals surface area contributed by atoms with Gasteiger partial charge in [-0.25, -0.2) is 4.39 Å². The van der Waals surface area contributed by atoms with E-state index in [1.807, 2.05) is 15.9 Å². The summed E-state index contributed by atoms with van der Waals surface area (Å²) in [4.78, 5) is 18.9. The zero-order chi connectivity index (χ0) is 17.4. The molecule has 0 spiro atoms. The second-order valence-electron chi connectivity index (χ2n) is 6.45. The Morgan fingerprint density at radius 2 is 1.92 bits per heavy atom. The Balaban J connectivity index is 1.48. The van der Waals surface area contributed by atoms with Gasteiger partial charge in [-0.2, -0.15) is 0 Å². The molecule has 6 heteroatoms. The Morgan fingerprint density at radius 1 is 1.16 bits per heavy atom. The number of rotatable bonds is 3. The van der Waals surface area contributed by atoms with Crippen molar-refractivity contribution in [2.24, 2.45) is 0 Å². The number of fused-ring (bicyclic) bond motifs is 1. The second-order valence-corrected chi connectivity index (χ2v) is 7.56. The van der Waals surface area contributed by atoms with Gasteiger partial charge < -0.3 is 14.5 Å². The summed E-state index contributed by atoms with van der Waals surface area (Å²) in [6.45, 7) is 2.47. The molecule has 4 nitrogen and oxygen atoms in total. The fourth-order valence-electron chi connectivity index (χ4n) is 3.73. The van der Waals surface area contributed by atoms with E-state index < -0.39 is 0 Å².